The second kappa shape index (κ2) is 9.85. The van der Waals surface area contributed by atoms with Crippen LogP contribution < -0.4 is 5.32 Å². The first-order valence-electron chi connectivity index (χ1n) is 9.91. The van der Waals surface area contributed by atoms with Crippen LogP contribution in [0.3, 0.4) is 0 Å². The molecule has 1 amide bonds. The van der Waals surface area contributed by atoms with E-state index in [1.54, 1.807) is 43.3 Å². The SMILES string of the molecule is Cc1ccc(S(=O)(=O)N(CC(=O)N[C@@H](C)c2ccc(F)cc2)Cc2ccccc2)cc1. The van der Waals surface area contributed by atoms with Crippen LogP contribution >= 0.6 is 0 Å². The number of nitrogens with one attached hydrogen (secondary N) is 1. The van der Waals surface area contributed by atoms with Crippen molar-refractivity contribution in [3.8, 4) is 0 Å². The van der Waals surface area contributed by atoms with Crippen LogP contribution in [0.4, 0.5) is 4.39 Å². The molecule has 3 rings (SSSR count). The Morgan fingerprint density at radius 1 is 0.968 bits per heavy atom. The van der Waals surface area contributed by atoms with Crippen LogP contribution in [0.15, 0.2) is 83.8 Å². The maximum absolute atomic E-state index is 13.3. The highest BCUT2D eigenvalue weighted by Crippen LogP contribution is 2.20. The fourth-order valence-electron chi connectivity index (χ4n) is 3.15. The van der Waals surface area contributed by atoms with Gasteiger partial charge in [-0.3, -0.25) is 4.79 Å². The summed E-state index contributed by atoms with van der Waals surface area (Å²) in [5, 5.41) is 2.80. The molecule has 0 spiro atoms. The number of halogens is 1. The van der Waals surface area contributed by atoms with Crippen LogP contribution in [0.5, 0.6) is 0 Å². The Labute approximate surface area is 182 Å². The lowest BCUT2D eigenvalue weighted by molar-refractivity contribution is -0.122. The van der Waals surface area contributed by atoms with Gasteiger partial charge in [0, 0.05) is 6.54 Å². The molecule has 7 heteroatoms. The number of benzene rings is 3. The standard InChI is InChI=1S/C24H25FN2O3S/c1-18-8-14-23(15-9-18)31(29,30)27(16-20-6-4-3-5-7-20)17-24(28)26-19(2)21-10-12-22(25)13-11-21/h3-15,19H,16-17H2,1-2H3,(H,26,28)/t19-/m0/s1. The number of carbonyl (C=O) groups is 1. The third-order valence-corrected chi connectivity index (χ3v) is 6.73. The molecule has 0 unspecified atom stereocenters. The molecule has 0 aliphatic rings. The van der Waals surface area contributed by atoms with Crippen molar-refractivity contribution in [2.45, 2.75) is 31.3 Å². The molecule has 31 heavy (non-hydrogen) atoms. The predicted octanol–water partition coefficient (Wildman–Crippen LogP) is 4.20. The summed E-state index contributed by atoms with van der Waals surface area (Å²) in [5.74, 6) is -0.802. The van der Waals surface area contributed by atoms with Crippen molar-refractivity contribution in [1.29, 1.82) is 0 Å². The first-order valence-corrected chi connectivity index (χ1v) is 11.4. The zero-order valence-corrected chi connectivity index (χ0v) is 18.3. The number of sulfonamides is 1. The average Bonchev–Trinajstić information content (AvgIpc) is 2.74. The van der Waals surface area contributed by atoms with E-state index >= 15 is 0 Å². The van der Waals surface area contributed by atoms with Crippen LogP contribution in [0.25, 0.3) is 0 Å². The molecular weight excluding hydrogens is 415 g/mol. The molecule has 0 fully saturated rings. The van der Waals surface area contributed by atoms with Gasteiger partial charge in [-0.25, -0.2) is 12.8 Å². The second-order valence-corrected chi connectivity index (χ2v) is 9.35. The number of rotatable bonds is 8. The van der Waals surface area contributed by atoms with Crippen molar-refractivity contribution in [3.05, 3.63) is 101 Å². The summed E-state index contributed by atoms with van der Waals surface area (Å²) in [6.07, 6.45) is 0. The van der Waals surface area contributed by atoms with Gasteiger partial charge in [-0.2, -0.15) is 4.31 Å². The van der Waals surface area contributed by atoms with Gasteiger partial charge in [-0.05, 0) is 49.2 Å². The number of carbonyl (C=O) groups excluding carboxylic acids is 1. The summed E-state index contributed by atoms with van der Waals surface area (Å²) in [5.41, 5.74) is 2.45. The molecule has 0 aromatic heterocycles. The van der Waals surface area contributed by atoms with Crippen LogP contribution in [0.1, 0.15) is 29.7 Å². The second-order valence-electron chi connectivity index (χ2n) is 7.41. The van der Waals surface area contributed by atoms with Crippen molar-refractivity contribution in [1.82, 2.24) is 9.62 Å². The van der Waals surface area contributed by atoms with Gasteiger partial charge < -0.3 is 5.32 Å². The average molecular weight is 441 g/mol. The summed E-state index contributed by atoms with van der Waals surface area (Å²) in [6, 6.07) is 21.1. The first-order chi connectivity index (χ1) is 14.8. The fraction of sp³-hybridized carbons (Fsp3) is 0.208. The molecule has 5 nitrogen and oxygen atoms in total. The molecule has 0 saturated heterocycles. The highest BCUT2D eigenvalue weighted by Gasteiger charge is 2.27. The van der Waals surface area contributed by atoms with E-state index in [0.29, 0.717) is 0 Å². The third kappa shape index (κ3) is 5.99. The summed E-state index contributed by atoms with van der Waals surface area (Å²) in [4.78, 5) is 12.9. The normalized spacial score (nSPS) is 12.5. The monoisotopic (exact) mass is 440 g/mol. The Morgan fingerprint density at radius 3 is 2.19 bits per heavy atom. The lowest BCUT2D eigenvalue weighted by Crippen LogP contribution is -2.41. The van der Waals surface area contributed by atoms with E-state index < -0.39 is 22.0 Å². The minimum absolute atomic E-state index is 0.0649. The Balaban J connectivity index is 1.81. The molecule has 0 aliphatic heterocycles. The zero-order chi connectivity index (χ0) is 22.4. The highest BCUT2D eigenvalue weighted by molar-refractivity contribution is 7.89. The molecular formula is C24H25FN2O3S. The number of aryl methyl sites for hydroxylation is 1. The molecule has 0 radical (unpaired) electrons. The molecule has 1 atom stereocenters. The smallest absolute Gasteiger partial charge is 0.243 e. The van der Waals surface area contributed by atoms with E-state index in [1.807, 2.05) is 37.3 Å². The number of hydrogen-bond donors (Lipinski definition) is 1. The van der Waals surface area contributed by atoms with Crippen molar-refractivity contribution < 1.29 is 17.6 Å². The molecule has 0 saturated carbocycles. The largest absolute Gasteiger partial charge is 0.348 e. The fourth-order valence-corrected chi connectivity index (χ4v) is 4.54. The van der Waals surface area contributed by atoms with E-state index in [2.05, 4.69) is 5.32 Å². The molecule has 3 aromatic carbocycles. The predicted molar refractivity (Wildman–Crippen MR) is 118 cm³/mol. The van der Waals surface area contributed by atoms with Gasteiger partial charge in [-0.1, -0.05) is 60.2 Å². The maximum Gasteiger partial charge on any atom is 0.243 e. The summed E-state index contributed by atoms with van der Waals surface area (Å²) >= 11 is 0. The van der Waals surface area contributed by atoms with Gasteiger partial charge >= 0.3 is 0 Å². The number of hydrogen-bond acceptors (Lipinski definition) is 3. The number of nitrogens with zero attached hydrogens (tertiary/aromatic N) is 1. The Morgan fingerprint density at radius 2 is 1.58 bits per heavy atom. The van der Waals surface area contributed by atoms with Gasteiger partial charge in [0.25, 0.3) is 0 Å². The Hall–Kier alpha value is -3.03. The van der Waals surface area contributed by atoms with Gasteiger partial charge in [0.15, 0.2) is 0 Å². The topological polar surface area (TPSA) is 66.5 Å². The summed E-state index contributed by atoms with van der Waals surface area (Å²) in [6.45, 7) is 3.37. The maximum atomic E-state index is 13.3. The quantitative estimate of drug-likeness (QED) is 0.571. The van der Waals surface area contributed by atoms with Crippen molar-refractivity contribution in [2.24, 2.45) is 0 Å². The van der Waals surface area contributed by atoms with E-state index in [-0.39, 0.29) is 23.8 Å². The first kappa shape index (κ1) is 22.7. The van der Waals surface area contributed by atoms with Crippen LogP contribution in [-0.4, -0.2) is 25.2 Å². The molecule has 162 valence electrons. The number of amides is 1. The van der Waals surface area contributed by atoms with Crippen molar-refractivity contribution in [3.63, 3.8) is 0 Å². The van der Waals surface area contributed by atoms with E-state index in [0.717, 1.165) is 16.7 Å². The molecule has 0 heterocycles. The van der Waals surface area contributed by atoms with Crippen molar-refractivity contribution in [2.75, 3.05) is 6.54 Å². The lowest BCUT2D eigenvalue weighted by atomic mass is 10.1. The Bertz CT molecular complexity index is 1120. The highest BCUT2D eigenvalue weighted by atomic mass is 32.2. The molecule has 0 aliphatic carbocycles. The minimum Gasteiger partial charge on any atom is -0.348 e. The lowest BCUT2D eigenvalue weighted by Gasteiger charge is -2.23. The van der Waals surface area contributed by atoms with Crippen LogP contribution in [0, 0.1) is 12.7 Å². The summed E-state index contributed by atoms with van der Waals surface area (Å²) < 4.78 is 40.9. The zero-order valence-electron chi connectivity index (χ0n) is 17.5. The van der Waals surface area contributed by atoms with Gasteiger partial charge in [0.05, 0.1) is 17.5 Å². The van der Waals surface area contributed by atoms with Crippen LogP contribution in [0.2, 0.25) is 0 Å². The molecule has 0 bridgehead atoms. The Kier molecular flexibility index (Phi) is 7.20. The van der Waals surface area contributed by atoms with Crippen molar-refractivity contribution >= 4 is 15.9 Å². The third-order valence-electron chi connectivity index (χ3n) is 4.93. The van der Waals surface area contributed by atoms with Gasteiger partial charge in [0.1, 0.15) is 5.82 Å². The van der Waals surface area contributed by atoms with Gasteiger partial charge in [-0.15, -0.1) is 0 Å². The van der Waals surface area contributed by atoms with Crippen LogP contribution in [-0.2, 0) is 21.4 Å². The van der Waals surface area contributed by atoms with E-state index in [9.17, 15) is 17.6 Å². The molecule has 1 N–H and O–H groups in total. The summed E-state index contributed by atoms with van der Waals surface area (Å²) in [7, 11) is -3.89. The minimum atomic E-state index is -3.89. The van der Waals surface area contributed by atoms with Gasteiger partial charge in [0.2, 0.25) is 15.9 Å². The van der Waals surface area contributed by atoms with E-state index in [1.165, 1.54) is 16.4 Å². The molecule has 3 aromatic rings. The van der Waals surface area contributed by atoms with E-state index in [4.69, 9.17) is 0 Å².